The predicted octanol–water partition coefficient (Wildman–Crippen LogP) is 3.64. The number of benzene rings is 3. The van der Waals surface area contributed by atoms with Crippen molar-refractivity contribution in [1.29, 1.82) is 0 Å². The highest BCUT2D eigenvalue weighted by Gasteiger charge is 2.35. The molecule has 1 atom stereocenters. The molecule has 0 aromatic heterocycles. The molecule has 1 aliphatic heterocycles. The second-order valence-electron chi connectivity index (χ2n) is 8.58. The Morgan fingerprint density at radius 1 is 0.886 bits per heavy atom. The van der Waals surface area contributed by atoms with Gasteiger partial charge in [0.1, 0.15) is 5.82 Å². The Labute approximate surface area is 201 Å². The van der Waals surface area contributed by atoms with Crippen LogP contribution >= 0.6 is 0 Å². The molecule has 1 fully saturated rings. The highest BCUT2D eigenvalue weighted by molar-refractivity contribution is 7.89. The molecule has 178 valence electrons. The van der Waals surface area contributed by atoms with Crippen molar-refractivity contribution in [2.75, 3.05) is 18.4 Å². The summed E-state index contributed by atoms with van der Waals surface area (Å²) < 4.78 is 40.5. The third-order valence-corrected chi connectivity index (χ3v) is 8.30. The number of hydrogen-bond donors (Lipinski definition) is 1. The summed E-state index contributed by atoms with van der Waals surface area (Å²) in [6, 6.07) is 15.8. The number of ketones is 2. The number of nitrogens with one attached hydrogen (secondary N) is 1. The fraction of sp³-hybridized carbons (Fsp3) is 0.192. The number of halogens is 1. The summed E-state index contributed by atoms with van der Waals surface area (Å²) in [6.45, 7) is 0.199. The van der Waals surface area contributed by atoms with E-state index >= 15 is 0 Å². The molecule has 1 unspecified atom stereocenters. The van der Waals surface area contributed by atoms with E-state index in [0.29, 0.717) is 18.4 Å². The molecular formula is C26H21FN2O5S. The van der Waals surface area contributed by atoms with Crippen LogP contribution in [0.15, 0.2) is 71.6 Å². The lowest BCUT2D eigenvalue weighted by molar-refractivity contribution is -0.120. The van der Waals surface area contributed by atoms with Gasteiger partial charge in [0.15, 0.2) is 11.6 Å². The normalized spacial score (nSPS) is 18.0. The van der Waals surface area contributed by atoms with E-state index in [2.05, 4.69) is 5.32 Å². The van der Waals surface area contributed by atoms with Gasteiger partial charge in [-0.1, -0.05) is 36.4 Å². The number of carbonyl (C=O) groups is 3. The van der Waals surface area contributed by atoms with Crippen LogP contribution < -0.4 is 5.32 Å². The SMILES string of the molecule is O=C1c2ccccc2C(=O)c2c(NC(=O)C3CCCN(S(=O)(=O)c4ccc(F)cc4)C3)cccc21. The Kier molecular flexibility index (Phi) is 5.82. The number of piperidine rings is 1. The molecule has 1 N–H and O–H groups in total. The number of amides is 1. The first kappa shape index (κ1) is 23.1. The predicted molar refractivity (Wildman–Crippen MR) is 126 cm³/mol. The molecule has 3 aromatic rings. The van der Waals surface area contributed by atoms with Crippen LogP contribution in [0.3, 0.4) is 0 Å². The minimum absolute atomic E-state index is 0.0418. The molecule has 7 nitrogen and oxygen atoms in total. The molecule has 0 bridgehead atoms. The number of rotatable bonds is 4. The zero-order chi connectivity index (χ0) is 24.7. The first-order chi connectivity index (χ1) is 16.8. The summed E-state index contributed by atoms with van der Waals surface area (Å²) in [6.07, 6.45) is 0.933. The van der Waals surface area contributed by atoms with Gasteiger partial charge in [0, 0.05) is 29.8 Å². The highest BCUT2D eigenvalue weighted by Crippen LogP contribution is 2.33. The minimum Gasteiger partial charge on any atom is -0.325 e. The van der Waals surface area contributed by atoms with Crippen molar-refractivity contribution in [3.05, 3.63) is 94.8 Å². The van der Waals surface area contributed by atoms with E-state index < -0.39 is 27.7 Å². The summed E-state index contributed by atoms with van der Waals surface area (Å²) in [5.41, 5.74) is 1.18. The molecule has 5 rings (SSSR count). The standard InChI is InChI=1S/C26H21FN2O5S/c27-17-10-12-18(13-11-17)35(33,34)29-14-4-5-16(15-29)26(32)28-22-9-3-8-21-23(22)25(31)20-7-2-1-6-19(20)24(21)30/h1-3,6-13,16H,4-5,14-15H2,(H,28,32). The molecule has 1 saturated heterocycles. The fourth-order valence-electron chi connectivity index (χ4n) is 4.61. The van der Waals surface area contributed by atoms with E-state index in [1.807, 2.05) is 0 Å². The zero-order valence-electron chi connectivity index (χ0n) is 18.5. The Morgan fingerprint density at radius 3 is 2.26 bits per heavy atom. The molecule has 1 aliphatic carbocycles. The van der Waals surface area contributed by atoms with Gasteiger partial charge in [0.2, 0.25) is 15.9 Å². The second-order valence-corrected chi connectivity index (χ2v) is 10.5. The summed E-state index contributed by atoms with van der Waals surface area (Å²) in [5.74, 6) is -2.27. The van der Waals surface area contributed by atoms with Gasteiger partial charge < -0.3 is 5.32 Å². The van der Waals surface area contributed by atoms with E-state index in [1.54, 1.807) is 42.5 Å². The number of anilines is 1. The number of fused-ring (bicyclic) bond motifs is 2. The number of nitrogens with zero attached hydrogens (tertiary/aromatic N) is 1. The lowest BCUT2D eigenvalue weighted by Gasteiger charge is -2.31. The average molecular weight is 493 g/mol. The molecule has 0 saturated carbocycles. The van der Waals surface area contributed by atoms with Crippen LogP contribution in [-0.2, 0) is 14.8 Å². The van der Waals surface area contributed by atoms with E-state index in [0.717, 1.165) is 12.1 Å². The lowest BCUT2D eigenvalue weighted by atomic mass is 9.83. The summed E-state index contributed by atoms with van der Waals surface area (Å²) >= 11 is 0. The van der Waals surface area contributed by atoms with Gasteiger partial charge in [0.05, 0.1) is 22.1 Å². The van der Waals surface area contributed by atoms with E-state index in [4.69, 9.17) is 0 Å². The van der Waals surface area contributed by atoms with Crippen molar-refractivity contribution in [3.8, 4) is 0 Å². The smallest absolute Gasteiger partial charge is 0.243 e. The topological polar surface area (TPSA) is 101 Å². The Morgan fingerprint density at radius 2 is 1.54 bits per heavy atom. The van der Waals surface area contributed by atoms with Crippen LogP contribution in [0.1, 0.15) is 44.7 Å². The van der Waals surface area contributed by atoms with Gasteiger partial charge in [0.25, 0.3) is 0 Å². The van der Waals surface area contributed by atoms with Crippen molar-refractivity contribution in [2.45, 2.75) is 17.7 Å². The molecule has 9 heteroatoms. The largest absolute Gasteiger partial charge is 0.325 e. The summed E-state index contributed by atoms with van der Waals surface area (Å²) in [4.78, 5) is 39.2. The maximum Gasteiger partial charge on any atom is 0.243 e. The Balaban J connectivity index is 1.39. The quantitative estimate of drug-likeness (QED) is 0.469. The molecule has 0 radical (unpaired) electrons. The summed E-state index contributed by atoms with van der Waals surface area (Å²) in [7, 11) is -3.89. The van der Waals surface area contributed by atoms with Crippen LogP contribution in [0.4, 0.5) is 10.1 Å². The molecular weight excluding hydrogens is 471 g/mol. The monoisotopic (exact) mass is 492 g/mol. The lowest BCUT2D eigenvalue weighted by Crippen LogP contribution is -2.43. The van der Waals surface area contributed by atoms with Gasteiger partial charge in [-0.3, -0.25) is 14.4 Å². The fourth-order valence-corrected chi connectivity index (χ4v) is 6.14. The van der Waals surface area contributed by atoms with Gasteiger partial charge in [-0.25, -0.2) is 12.8 Å². The third kappa shape index (κ3) is 4.06. The van der Waals surface area contributed by atoms with Crippen molar-refractivity contribution in [1.82, 2.24) is 4.31 Å². The maximum absolute atomic E-state index is 13.2. The van der Waals surface area contributed by atoms with E-state index in [-0.39, 0.29) is 51.9 Å². The van der Waals surface area contributed by atoms with Crippen molar-refractivity contribution < 1.29 is 27.2 Å². The van der Waals surface area contributed by atoms with Crippen LogP contribution in [0.2, 0.25) is 0 Å². The van der Waals surface area contributed by atoms with Crippen LogP contribution in [0.25, 0.3) is 0 Å². The van der Waals surface area contributed by atoms with Gasteiger partial charge in [-0.05, 0) is 43.2 Å². The third-order valence-electron chi connectivity index (χ3n) is 6.42. The molecule has 1 heterocycles. The maximum atomic E-state index is 13.2. The van der Waals surface area contributed by atoms with Crippen molar-refractivity contribution >= 4 is 33.2 Å². The number of carbonyl (C=O) groups excluding carboxylic acids is 3. The second kappa shape index (κ2) is 8.83. The average Bonchev–Trinajstić information content (AvgIpc) is 2.87. The number of sulfonamides is 1. The first-order valence-electron chi connectivity index (χ1n) is 11.2. The van der Waals surface area contributed by atoms with Crippen LogP contribution in [0.5, 0.6) is 0 Å². The molecule has 35 heavy (non-hydrogen) atoms. The van der Waals surface area contributed by atoms with Crippen LogP contribution in [-0.4, -0.2) is 43.3 Å². The first-order valence-corrected chi connectivity index (χ1v) is 12.6. The minimum atomic E-state index is -3.89. The van der Waals surface area contributed by atoms with Gasteiger partial charge in [-0.2, -0.15) is 4.31 Å². The van der Waals surface area contributed by atoms with E-state index in [9.17, 15) is 27.2 Å². The highest BCUT2D eigenvalue weighted by atomic mass is 32.2. The molecule has 3 aromatic carbocycles. The zero-order valence-corrected chi connectivity index (χ0v) is 19.3. The Hall–Kier alpha value is -3.69. The number of hydrogen-bond acceptors (Lipinski definition) is 5. The summed E-state index contributed by atoms with van der Waals surface area (Å²) in [5, 5.41) is 2.76. The molecule has 2 aliphatic rings. The molecule has 0 spiro atoms. The Bertz CT molecular complexity index is 1470. The van der Waals surface area contributed by atoms with Crippen molar-refractivity contribution in [3.63, 3.8) is 0 Å². The van der Waals surface area contributed by atoms with E-state index in [1.165, 1.54) is 16.4 Å². The van der Waals surface area contributed by atoms with Crippen LogP contribution in [0, 0.1) is 11.7 Å². The molecule has 1 amide bonds. The van der Waals surface area contributed by atoms with Gasteiger partial charge in [-0.15, -0.1) is 0 Å². The van der Waals surface area contributed by atoms with Crippen molar-refractivity contribution in [2.24, 2.45) is 5.92 Å². The van der Waals surface area contributed by atoms with Gasteiger partial charge >= 0.3 is 0 Å².